The van der Waals surface area contributed by atoms with Gasteiger partial charge in [-0.25, -0.2) is 0 Å². The van der Waals surface area contributed by atoms with Crippen LogP contribution in [-0.2, 0) is 14.3 Å². The molecule has 4 nitrogen and oxygen atoms in total. The van der Waals surface area contributed by atoms with Crippen molar-refractivity contribution < 1.29 is 14.3 Å². The minimum atomic E-state index is -0.353. The number of allylic oxidation sites excluding steroid dienone is 2. The SMILES string of the molecule is CCOC(=O)CC1=C[C@H](c2cccc3ccccc23)C(C#N)=C(c2ccccc2)O1. The van der Waals surface area contributed by atoms with E-state index in [1.54, 1.807) is 6.92 Å². The maximum atomic E-state index is 12.1. The molecule has 0 unspecified atom stereocenters. The Morgan fingerprint density at radius 1 is 1.03 bits per heavy atom. The summed E-state index contributed by atoms with van der Waals surface area (Å²) in [5.41, 5.74) is 2.32. The minimum absolute atomic E-state index is 0.0180. The van der Waals surface area contributed by atoms with E-state index >= 15 is 0 Å². The summed E-state index contributed by atoms with van der Waals surface area (Å²) in [5, 5.41) is 12.2. The predicted octanol–water partition coefficient (Wildman–Crippen LogP) is 5.73. The first-order valence-electron chi connectivity index (χ1n) is 9.92. The monoisotopic (exact) mass is 395 g/mol. The number of fused-ring (bicyclic) bond motifs is 1. The average molecular weight is 395 g/mol. The van der Waals surface area contributed by atoms with Crippen LogP contribution in [0.3, 0.4) is 0 Å². The molecule has 0 aliphatic carbocycles. The normalized spacial score (nSPS) is 15.9. The molecule has 0 spiro atoms. The fourth-order valence-corrected chi connectivity index (χ4v) is 3.77. The van der Waals surface area contributed by atoms with Gasteiger partial charge >= 0.3 is 5.97 Å². The maximum Gasteiger partial charge on any atom is 0.313 e. The Morgan fingerprint density at radius 2 is 1.77 bits per heavy atom. The lowest BCUT2D eigenvalue weighted by Crippen LogP contribution is -2.14. The Kier molecular flexibility index (Phi) is 5.63. The second-order valence-corrected chi connectivity index (χ2v) is 6.98. The van der Waals surface area contributed by atoms with Crippen molar-refractivity contribution in [1.82, 2.24) is 0 Å². The molecular weight excluding hydrogens is 374 g/mol. The van der Waals surface area contributed by atoms with Gasteiger partial charge in [0, 0.05) is 11.5 Å². The number of nitrogens with zero attached hydrogens (tertiary/aromatic N) is 1. The molecule has 3 aromatic carbocycles. The largest absolute Gasteiger partial charge is 0.466 e. The van der Waals surface area contributed by atoms with Crippen LogP contribution in [-0.4, -0.2) is 12.6 Å². The van der Waals surface area contributed by atoms with Crippen LogP contribution in [0.25, 0.3) is 16.5 Å². The Morgan fingerprint density at radius 3 is 2.53 bits per heavy atom. The van der Waals surface area contributed by atoms with Gasteiger partial charge in [-0.05, 0) is 29.3 Å². The number of esters is 1. The molecule has 0 saturated carbocycles. The molecule has 30 heavy (non-hydrogen) atoms. The molecule has 0 radical (unpaired) electrons. The average Bonchev–Trinajstić information content (AvgIpc) is 2.79. The highest BCUT2D eigenvalue weighted by molar-refractivity contribution is 5.88. The predicted molar refractivity (Wildman–Crippen MR) is 116 cm³/mol. The summed E-state index contributed by atoms with van der Waals surface area (Å²) in [4.78, 5) is 12.1. The van der Waals surface area contributed by atoms with Crippen LogP contribution in [0.15, 0.2) is 90.2 Å². The third-order valence-corrected chi connectivity index (χ3v) is 5.08. The lowest BCUT2D eigenvalue weighted by Gasteiger charge is -2.26. The summed E-state index contributed by atoms with van der Waals surface area (Å²) in [6, 6.07) is 26.0. The van der Waals surface area contributed by atoms with Gasteiger partial charge in [0.15, 0.2) is 0 Å². The minimum Gasteiger partial charge on any atom is -0.466 e. The summed E-state index contributed by atoms with van der Waals surface area (Å²) in [7, 11) is 0. The van der Waals surface area contributed by atoms with Gasteiger partial charge in [0.2, 0.25) is 0 Å². The standard InChI is InChI=1S/C26H21NO3/c1-2-29-25(28)16-20-15-23(22-14-8-12-18-9-6-7-13-21(18)22)24(17-27)26(30-20)19-10-4-3-5-11-19/h3-15,23H,2,16H2,1H3/t23-/m1/s1. The summed E-state index contributed by atoms with van der Waals surface area (Å²) in [5.74, 6) is 0.296. The van der Waals surface area contributed by atoms with Crippen molar-refractivity contribution in [3.05, 3.63) is 101 Å². The smallest absolute Gasteiger partial charge is 0.313 e. The van der Waals surface area contributed by atoms with Gasteiger partial charge in [-0.3, -0.25) is 4.79 Å². The third kappa shape index (κ3) is 3.83. The van der Waals surface area contributed by atoms with Crippen molar-refractivity contribution in [3.63, 3.8) is 0 Å². The van der Waals surface area contributed by atoms with Crippen LogP contribution in [0.5, 0.6) is 0 Å². The van der Waals surface area contributed by atoms with Crippen molar-refractivity contribution in [3.8, 4) is 6.07 Å². The number of nitriles is 1. The molecule has 3 aromatic rings. The van der Waals surface area contributed by atoms with Gasteiger partial charge in [-0.2, -0.15) is 5.26 Å². The van der Waals surface area contributed by atoms with Crippen LogP contribution >= 0.6 is 0 Å². The zero-order valence-electron chi connectivity index (χ0n) is 16.7. The molecule has 1 heterocycles. The van der Waals surface area contributed by atoms with Gasteiger partial charge in [-0.1, -0.05) is 72.8 Å². The summed E-state index contributed by atoms with van der Waals surface area (Å²) in [6.45, 7) is 2.08. The number of ether oxygens (including phenoxy) is 2. The summed E-state index contributed by atoms with van der Waals surface area (Å²) in [6.07, 6.45) is 1.88. The quantitative estimate of drug-likeness (QED) is 0.518. The fraction of sp³-hybridized carbons (Fsp3) is 0.154. The molecule has 0 amide bonds. The Hall–Kier alpha value is -3.84. The second kappa shape index (κ2) is 8.67. The Bertz CT molecular complexity index is 1180. The Labute approximate surface area is 175 Å². The summed E-state index contributed by atoms with van der Waals surface area (Å²) < 4.78 is 11.2. The number of benzene rings is 3. The molecule has 0 bridgehead atoms. The van der Waals surface area contributed by atoms with E-state index in [9.17, 15) is 10.1 Å². The van der Waals surface area contributed by atoms with Crippen molar-refractivity contribution in [2.45, 2.75) is 19.3 Å². The van der Waals surface area contributed by atoms with Gasteiger partial charge in [0.1, 0.15) is 17.9 Å². The highest BCUT2D eigenvalue weighted by Crippen LogP contribution is 2.41. The molecule has 0 N–H and O–H groups in total. The third-order valence-electron chi connectivity index (χ3n) is 5.08. The number of hydrogen-bond donors (Lipinski definition) is 0. The zero-order valence-corrected chi connectivity index (χ0v) is 16.7. The van der Waals surface area contributed by atoms with Crippen LogP contribution in [0.4, 0.5) is 0 Å². The molecule has 4 heteroatoms. The second-order valence-electron chi connectivity index (χ2n) is 6.98. The van der Waals surface area contributed by atoms with E-state index in [1.807, 2.05) is 60.7 Å². The molecule has 0 saturated heterocycles. The maximum absolute atomic E-state index is 12.1. The van der Waals surface area contributed by atoms with Crippen LogP contribution in [0.1, 0.15) is 30.4 Å². The van der Waals surface area contributed by atoms with E-state index in [2.05, 4.69) is 24.3 Å². The van der Waals surface area contributed by atoms with Gasteiger partial charge in [0.05, 0.1) is 18.2 Å². The van der Waals surface area contributed by atoms with E-state index in [0.717, 1.165) is 21.9 Å². The van der Waals surface area contributed by atoms with Crippen molar-refractivity contribution >= 4 is 22.5 Å². The molecule has 1 atom stereocenters. The first-order chi connectivity index (χ1) is 14.7. The molecule has 148 valence electrons. The van der Waals surface area contributed by atoms with Crippen LogP contribution < -0.4 is 0 Å². The zero-order chi connectivity index (χ0) is 20.9. The van der Waals surface area contributed by atoms with Gasteiger partial charge in [-0.15, -0.1) is 0 Å². The number of rotatable bonds is 5. The number of carbonyl (C=O) groups excluding carboxylic acids is 1. The van der Waals surface area contributed by atoms with Crippen molar-refractivity contribution in [2.24, 2.45) is 0 Å². The fourth-order valence-electron chi connectivity index (χ4n) is 3.77. The highest BCUT2D eigenvalue weighted by atomic mass is 16.5. The Balaban J connectivity index is 1.88. The summed E-state index contributed by atoms with van der Waals surface area (Å²) >= 11 is 0. The van der Waals surface area contributed by atoms with E-state index in [1.165, 1.54) is 0 Å². The molecular formula is C26H21NO3. The van der Waals surface area contributed by atoms with E-state index in [0.29, 0.717) is 23.7 Å². The first kappa shape index (κ1) is 19.5. The van der Waals surface area contributed by atoms with E-state index < -0.39 is 0 Å². The molecule has 1 aliphatic heterocycles. The molecule has 4 rings (SSSR count). The van der Waals surface area contributed by atoms with Gasteiger partial charge < -0.3 is 9.47 Å². The van der Waals surface area contributed by atoms with Crippen LogP contribution in [0.2, 0.25) is 0 Å². The van der Waals surface area contributed by atoms with E-state index in [-0.39, 0.29) is 18.3 Å². The first-order valence-corrected chi connectivity index (χ1v) is 9.92. The van der Waals surface area contributed by atoms with E-state index in [4.69, 9.17) is 9.47 Å². The molecule has 0 aromatic heterocycles. The lowest BCUT2D eigenvalue weighted by atomic mass is 9.84. The number of carbonyl (C=O) groups is 1. The topological polar surface area (TPSA) is 59.3 Å². The highest BCUT2D eigenvalue weighted by Gasteiger charge is 2.29. The number of hydrogen-bond acceptors (Lipinski definition) is 4. The van der Waals surface area contributed by atoms with Crippen molar-refractivity contribution in [2.75, 3.05) is 6.61 Å². The van der Waals surface area contributed by atoms with Crippen molar-refractivity contribution in [1.29, 1.82) is 5.26 Å². The van der Waals surface area contributed by atoms with Gasteiger partial charge in [0.25, 0.3) is 0 Å². The van der Waals surface area contributed by atoms with Crippen LogP contribution in [0, 0.1) is 11.3 Å². The molecule has 1 aliphatic rings. The lowest BCUT2D eigenvalue weighted by molar-refractivity contribution is -0.142. The molecule has 0 fully saturated rings.